The quantitative estimate of drug-likeness (QED) is 0.646. The average molecular weight is 277 g/mol. The van der Waals surface area contributed by atoms with Gasteiger partial charge in [0.2, 0.25) is 0 Å². The van der Waals surface area contributed by atoms with E-state index in [1.165, 1.54) is 23.9 Å². The van der Waals surface area contributed by atoms with Crippen LogP contribution in [0.15, 0.2) is 28.2 Å². The molecular weight excluding hydrogens is 269 g/mol. The van der Waals surface area contributed by atoms with Crippen LogP contribution in [0.1, 0.15) is 5.56 Å². The highest BCUT2D eigenvalue weighted by Crippen LogP contribution is 2.31. The number of benzene rings is 1. The average Bonchev–Trinajstić information content (AvgIpc) is 2.41. The summed E-state index contributed by atoms with van der Waals surface area (Å²) in [6.07, 6.45) is 1.69. The maximum Gasteiger partial charge on any atom is 0.270 e. The Bertz CT molecular complexity index is 737. The molecule has 0 atom stereocenters. The van der Waals surface area contributed by atoms with Crippen molar-refractivity contribution < 1.29 is 9.50 Å². The van der Waals surface area contributed by atoms with Crippen LogP contribution in [-0.2, 0) is 0 Å². The highest BCUT2D eigenvalue weighted by atomic mass is 32.2. The zero-order valence-electron chi connectivity index (χ0n) is 9.77. The third kappa shape index (κ3) is 2.30. The fourth-order valence-electron chi connectivity index (χ4n) is 1.55. The van der Waals surface area contributed by atoms with Crippen LogP contribution >= 0.6 is 11.8 Å². The second kappa shape index (κ2) is 5.12. The Morgan fingerprint density at radius 2 is 2.26 bits per heavy atom. The van der Waals surface area contributed by atoms with Gasteiger partial charge >= 0.3 is 0 Å². The van der Waals surface area contributed by atoms with Crippen LogP contribution in [0, 0.1) is 17.1 Å². The standard InChI is InChI=1S/C12H8FN3O2S/c1-19-12-15-9(7(5-14)11(18)16-12)6-3-2-4-8(13)10(6)17/h2-4,17H,1H3,(H,15,16,18). The maximum atomic E-state index is 13.3. The predicted molar refractivity (Wildman–Crippen MR) is 68.4 cm³/mol. The van der Waals surface area contributed by atoms with Crippen molar-refractivity contribution in [2.45, 2.75) is 5.16 Å². The first-order valence-electron chi connectivity index (χ1n) is 5.14. The first-order chi connectivity index (χ1) is 9.08. The summed E-state index contributed by atoms with van der Waals surface area (Å²) in [6, 6.07) is 5.55. The van der Waals surface area contributed by atoms with Gasteiger partial charge in [0.1, 0.15) is 17.3 Å². The summed E-state index contributed by atoms with van der Waals surface area (Å²) in [6.45, 7) is 0. The maximum absolute atomic E-state index is 13.3. The van der Waals surface area contributed by atoms with Crippen LogP contribution in [0.4, 0.5) is 4.39 Å². The number of para-hydroxylation sites is 1. The van der Waals surface area contributed by atoms with Crippen molar-refractivity contribution in [1.82, 2.24) is 9.97 Å². The summed E-state index contributed by atoms with van der Waals surface area (Å²) < 4.78 is 13.3. The Balaban J connectivity index is 2.81. The molecular formula is C12H8FN3O2S. The van der Waals surface area contributed by atoms with Crippen molar-refractivity contribution in [2.75, 3.05) is 6.26 Å². The van der Waals surface area contributed by atoms with Crippen LogP contribution in [0.5, 0.6) is 5.75 Å². The Kier molecular flexibility index (Phi) is 3.53. The number of hydrogen-bond acceptors (Lipinski definition) is 5. The lowest BCUT2D eigenvalue weighted by Gasteiger charge is -2.07. The van der Waals surface area contributed by atoms with Gasteiger partial charge in [0.15, 0.2) is 16.7 Å². The van der Waals surface area contributed by atoms with Crippen molar-refractivity contribution in [2.24, 2.45) is 0 Å². The predicted octanol–water partition coefficient (Wildman–Crippen LogP) is 1.88. The molecule has 2 aromatic rings. The lowest BCUT2D eigenvalue weighted by atomic mass is 10.1. The second-order valence-electron chi connectivity index (χ2n) is 3.55. The molecule has 0 amide bonds. The van der Waals surface area contributed by atoms with Crippen molar-refractivity contribution in [3.05, 3.63) is 39.9 Å². The number of H-pyrrole nitrogens is 1. The number of phenols is 1. The van der Waals surface area contributed by atoms with E-state index in [1.807, 2.05) is 0 Å². The summed E-state index contributed by atoms with van der Waals surface area (Å²) in [5.41, 5.74) is -0.912. The van der Waals surface area contributed by atoms with E-state index in [1.54, 1.807) is 12.3 Å². The number of rotatable bonds is 2. The van der Waals surface area contributed by atoms with E-state index in [-0.39, 0.29) is 22.0 Å². The zero-order chi connectivity index (χ0) is 14.0. The summed E-state index contributed by atoms with van der Waals surface area (Å²) in [4.78, 5) is 18.2. The number of aromatic nitrogens is 2. The molecule has 0 saturated carbocycles. The van der Waals surface area contributed by atoms with Crippen LogP contribution < -0.4 is 5.56 Å². The van der Waals surface area contributed by atoms with E-state index >= 15 is 0 Å². The summed E-state index contributed by atoms with van der Waals surface area (Å²) in [7, 11) is 0. The second-order valence-corrected chi connectivity index (χ2v) is 4.34. The van der Waals surface area contributed by atoms with Crippen molar-refractivity contribution in [3.8, 4) is 23.1 Å². The van der Waals surface area contributed by atoms with Crippen molar-refractivity contribution >= 4 is 11.8 Å². The Labute approximate surface area is 111 Å². The van der Waals surface area contributed by atoms with E-state index in [4.69, 9.17) is 5.26 Å². The number of phenolic OH excluding ortho intramolecular Hbond substituents is 1. The molecule has 0 aliphatic carbocycles. The third-order valence-corrected chi connectivity index (χ3v) is 3.02. The molecule has 0 aliphatic heterocycles. The molecule has 2 N–H and O–H groups in total. The minimum Gasteiger partial charge on any atom is -0.504 e. The molecule has 0 fully saturated rings. The Morgan fingerprint density at radius 1 is 1.53 bits per heavy atom. The van der Waals surface area contributed by atoms with Gasteiger partial charge in [0.05, 0.1) is 0 Å². The minimum absolute atomic E-state index is 0.0120. The van der Waals surface area contributed by atoms with Gasteiger partial charge in [-0.25, -0.2) is 9.37 Å². The fourth-order valence-corrected chi connectivity index (χ4v) is 1.93. The number of nitriles is 1. The van der Waals surface area contributed by atoms with Gasteiger partial charge < -0.3 is 10.1 Å². The van der Waals surface area contributed by atoms with Crippen molar-refractivity contribution in [3.63, 3.8) is 0 Å². The molecule has 0 radical (unpaired) electrons. The number of nitrogens with one attached hydrogen (secondary N) is 1. The number of hydrogen-bond donors (Lipinski definition) is 2. The topological polar surface area (TPSA) is 89.8 Å². The van der Waals surface area contributed by atoms with E-state index < -0.39 is 17.1 Å². The fraction of sp³-hybridized carbons (Fsp3) is 0.0833. The third-order valence-electron chi connectivity index (χ3n) is 2.44. The lowest BCUT2D eigenvalue weighted by molar-refractivity contribution is 0.434. The SMILES string of the molecule is CSc1nc(-c2cccc(F)c2O)c(C#N)c(=O)[nH]1. The van der Waals surface area contributed by atoms with Gasteiger partial charge in [-0.05, 0) is 18.4 Å². The highest BCUT2D eigenvalue weighted by Gasteiger charge is 2.17. The van der Waals surface area contributed by atoms with E-state index in [2.05, 4.69) is 9.97 Å². The number of nitrogens with zero attached hydrogens (tertiary/aromatic N) is 2. The van der Waals surface area contributed by atoms with Crippen LogP contribution in [0.3, 0.4) is 0 Å². The van der Waals surface area contributed by atoms with E-state index in [0.717, 1.165) is 6.07 Å². The molecule has 0 aliphatic rings. The normalized spacial score (nSPS) is 10.2. The molecule has 0 saturated heterocycles. The summed E-state index contributed by atoms with van der Waals surface area (Å²) in [5, 5.41) is 19.0. The smallest absolute Gasteiger partial charge is 0.270 e. The Morgan fingerprint density at radius 3 is 2.89 bits per heavy atom. The van der Waals surface area contributed by atoms with Gasteiger partial charge in [-0.1, -0.05) is 17.8 Å². The van der Waals surface area contributed by atoms with Crippen LogP contribution in [-0.4, -0.2) is 21.3 Å². The molecule has 2 rings (SSSR count). The van der Waals surface area contributed by atoms with Crippen molar-refractivity contribution in [1.29, 1.82) is 5.26 Å². The van der Waals surface area contributed by atoms with Gasteiger partial charge in [0.25, 0.3) is 5.56 Å². The van der Waals surface area contributed by atoms with Crippen LogP contribution in [0.25, 0.3) is 11.3 Å². The molecule has 1 aromatic heterocycles. The monoisotopic (exact) mass is 277 g/mol. The van der Waals surface area contributed by atoms with E-state index in [0.29, 0.717) is 0 Å². The summed E-state index contributed by atoms with van der Waals surface area (Å²) >= 11 is 1.17. The van der Waals surface area contributed by atoms with Gasteiger partial charge in [0, 0.05) is 5.56 Å². The molecule has 0 unspecified atom stereocenters. The molecule has 19 heavy (non-hydrogen) atoms. The highest BCUT2D eigenvalue weighted by molar-refractivity contribution is 7.98. The minimum atomic E-state index is -0.839. The molecule has 0 bridgehead atoms. The number of aromatic hydroxyl groups is 1. The van der Waals surface area contributed by atoms with Gasteiger partial charge in [-0.2, -0.15) is 5.26 Å². The molecule has 1 heterocycles. The molecule has 0 spiro atoms. The first kappa shape index (κ1) is 13.1. The lowest BCUT2D eigenvalue weighted by Crippen LogP contribution is -2.14. The van der Waals surface area contributed by atoms with Gasteiger partial charge in [-0.15, -0.1) is 0 Å². The number of aromatic amines is 1. The largest absolute Gasteiger partial charge is 0.504 e. The van der Waals surface area contributed by atoms with Crippen LogP contribution in [0.2, 0.25) is 0 Å². The zero-order valence-corrected chi connectivity index (χ0v) is 10.6. The number of halogens is 1. The first-order valence-corrected chi connectivity index (χ1v) is 6.37. The number of thioether (sulfide) groups is 1. The summed E-state index contributed by atoms with van der Waals surface area (Å²) in [5.74, 6) is -1.47. The molecule has 7 heteroatoms. The molecule has 96 valence electrons. The van der Waals surface area contributed by atoms with Gasteiger partial charge in [-0.3, -0.25) is 4.79 Å². The Hall–Kier alpha value is -2.33. The molecule has 1 aromatic carbocycles. The van der Waals surface area contributed by atoms with E-state index in [9.17, 15) is 14.3 Å². The molecule has 5 nitrogen and oxygen atoms in total.